The van der Waals surface area contributed by atoms with Crippen LogP contribution < -0.4 is 5.32 Å². The van der Waals surface area contributed by atoms with Crippen molar-refractivity contribution in [3.63, 3.8) is 0 Å². The smallest absolute Gasteiger partial charge is 0.407 e. The minimum atomic E-state index is -1.05. The number of carboxylic acids is 1. The zero-order valence-electron chi connectivity index (χ0n) is 17.0. The number of nitrogens with one attached hydrogen (secondary N) is 1. The number of carbonyl (C=O) groups is 2. The number of carboxylic acid groups (broad SMARTS) is 1. The van der Waals surface area contributed by atoms with E-state index in [1.165, 1.54) is 0 Å². The Balaban J connectivity index is 1.61. The molecule has 3 rings (SSSR count). The predicted octanol–water partition coefficient (Wildman–Crippen LogP) is 4.90. The molecule has 0 heterocycles. The molecular formula is C23H27NO4S. The number of thioether (sulfide) groups is 1. The first-order valence-electron chi connectivity index (χ1n) is 9.74. The number of fused-ring (bicyclic) bond motifs is 3. The average molecular weight is 414 g/mol. The molecule has 1 atom stereocenters. The molecular weight excluding hydrogens is 386 g/mol. The van der Waals surface area contributed by atoms with Crippen LogP contribution in [0.25, 0.3) is 11.1 Å². The van der Waals surface area contributed by atoms with Crippen molar-refractivity contribution >= 4 is 23.8 Å². The van der Waals surface area contributed by atoms with E-state index in [4.69, 9.17) is 4.74 Å². The van der Waals surface area contributed by atoms with Crippen LogP contribution in [-0.2, 0) is 9.53 Å². The number of alkyl carbamates (subject to hydrolysis) is 1. The van der Waals surface area contributed by atoms with Crippen molar-refractivity contribution in [3.05, 3.63) is 59.7 Å². The molecule has 0 saturated carbocycles. The van der Waals surface area contributed by atoms with Crippen LogP contribution in [0.2, 0.25) is 0 Å². The van der Waals surface area contributed by atoms with E-state index in [0.717, 1.165) is 22.3 Å². The normalized spacial score (nSPS) is 14.0. The van der Waals surface area contributed by atoms with Gasteiger partial charge in [-0.2, -0.15) is 11.8 Å². The molecule has 0 bridgehead atoms. The van der Waals surface area contributed by atoms with Gasteiger partial charge in [-0.15, -0.1) is 0 Å². The van der Waals surface area contributed by atoms with Gasteiger partial charge in [-0.05, 0) is 34.4 Å². The van der Waals surface area contributed by atoms with Gasteiger partial charge in [0.25, 0.3) is 0 Å². The van der Waals surface area contributed by atoms with Crippen LogP contribution in [0, 0.1) is 0 Å². The molecule has 0 saturated heterocycles. The summed E-state index contributed by atoms with van der Waals surface area (Å²) in [6.07, 6.45) is -0.346. The van der Waals surface area contributed by atoms with Crippen molar-refractivity contribution in [3.8, 4) is 11.1 Å². The van der Waals surface area contributed by atoms with Gasteiger partial charge in [0.2, 0.25) is 0 Å². The highest BCUT2D eigenvalue weighted by molar-refractivity contribution is 8.00. The Kier molecular flexibility index (Phi) is 6.52. The number of hydrogen-bond donors (Lipinski definition) is 2. The number of amides is 1. The Bertz CT molecular complexity index is 845. The molecule has 6 heteroatoms. The lowest BCUT2D eigenvalue weighted by Gasteiger charge is -2.20. The Hall–Kier alpha value is -2.47. The number of ether oxygens (including phenoxy) is 1. The summed E-state index contributed by atoms with van der Waals surface area (Å²) in [7, 11) is 0. The largest absolute Gasteiger partial charge is 0.480 e. The molecule has 2 N–H and O–H groups in total. The lowest BCUT2D eigenvalue weighted by molar-refractivity contribution is -0.139. The fraction of sp³-hybridized carbons (Fsp3) is 0.391. The molecule has 2 aromatic carbocycles. The zero-order valence-corrected chi connectivity index (χ0v) is 17.8. The maximum absolute atomic E-state index is 12.3. The maximum Gasteiger partial charge on any atom is 0.407 e. The lowest BCUT2D eigenvalue weighted by atomic mass is 9.98. The molecule has 29 heavy (non-hydrogen) atoms. The Morgan fingerprint density at radius 3 is 2.14 bits per heavy atom. The van der Waals surface area contributed by atoms with Gasteiger partial charge >= 0.3 is 12.1 Å². The van der Waals surface area contributed by atoms with E-state index in [1.54, 1.807) is 11.8 Å². The van der Waals surface area contributed by atoms with E-state index in [-0.39, 0.29) is 17.3 Å². The molecule has 0 aromatic heterocycles. The lowest BCUT2D eigenvalue weighted by Crippen LogP contribution is -2.42. The molecule has 0 aliphatic heterocycles. The standard InChI is InChI=1S/C23H27NO4S/c1-23(2,3)29-13-12-20(21(25)26)24-22(27)28-14-19-17-10-6-4-8-15(17)16-9-5-7-11-18(16)19/h4-11,19-20H,12-14H2,1-3H3,(H,24,27)(H,25,26). The van der Waals surface area contributed by atoms with Gasteiger partial charge in [0.15, 0.2) is 0 Å². The van der Waals surface area contributed by atoms with Gasteiger partial charge in [-0.3, -0.25) is 0 Å². The van der Waals surface area contributed by atoms with E-state index in [0.29, 0.717) is 12.2 Å². The van der Waals surface area contributed by atoms with Gasteiger partial charge in [0.05, 0.1) is 0 Å². The van der Waals surface area contributed by atoms with E-state index in [9.17, 15) is 14.7 Å². The first-order chi connectivity index (χ1) is 13.8. The van der Waals surface area contributed by atoms with Crippen molar-refractivity contribution in [2.75, 3.05) is 12.4 Å². The van der Waals surface area contributed by atoms with Gasteiger partial charge < -0.3 is 15.2 Å². The number of aliphatic carboxylic acids is 1. The van der Waals surface area contributed by atoms with Crippen molar-refractivity contribution < 1.29 is 19.4 Å². The molecule has 1 amide bonds. The molecule has 1 unspecified atom stereocenters. The van der Waals surface area contributed by atoms with Gasteiger partial charge in [-0.25, -0.2) is 9.59 Å². The summed E-state index contributed by atoms with van der Waals surface area (Å²) < 4.78 is 5.50. The van der Waals surface area contributed by atoms with Gasteiger partial charge in [0, 0.05) is 10.7 Å². The van der Waals surface area contributed by atoms with Crippen LogP contribution in [0.1, 0.15) is 44.2 Å². The monoisotopic (exact) mass is 413 g/mol. The van der Waals surface area contributed by atoms with Crippen LogP contribution >= 0.6 is 11.8 Å². The summed E-state index contributed by atoms with van der Waals surface area (Å²) in [6, 6.07) is 15.2. The molecule has 0 radical (unpaired) electrons. The third kappa shape index (κ3) is 5.32. The van der Waals surface area contributed by atoms with E-state index < -0.39 is 18.1 Å². The Morgan fingerprint density at radius 2 is 1.62 bits per heavy atom. The van der Waals surface area contributed by atoms with Crippen molar-refractivity contribution in [2.24, 2.45) is 0 Å². The molecule has 154 valence electrons. The first kappa shape index (κ1) is 21.2. The number of carbonyl (C=O) groups excluding carboxylic acids is 1. The summed E-state index contributed by atoms with van der Waals surface area (Å²) in [5, 5.41) is 11.9. The highest BCUT2D eigenvalue weighted by atomic mass is 32.2. The number of hydrogen-bond acceptors (Lipinski definition) is 4. The molecule has 1 aliphatic rings. The second kappa shape index (κ2) is 8.91. The Morgan fingerprint density at radius 1 is 1.07 bits per heavy atom. The fourth-order valence-corrected chi connectivity index (χ4v) is 4.49. The van der Waals surface area contributed by atoms with Crippen molar-refractivity contribution in [1.29, 1.82) is 0 Å². The SMILES string of the molecule is CC(C)(C)SCCC(NC(=O)OCC1c2ccccc2-c2ccccc21)C(=O)O. The fourth-order valence-electron chi connectivity index (χ4n) is 3.52. The van der Waals surface area contributed by atoms with E-state index >= 15 is 0 Å². The summed E-state index contributed by atoms with van der Waals surface area (Å²) in [5.41, 5.74) is 4.55. The van der Waals surface area contributed by atoms with Crippen LogP contribution in [0.4, 0.5) is 4.79 Å². The van der Waals surface area contributed by atoms with Gasteiger partial charge in [0.1, 0.15) is 12.6 Å². The molecule has 5 nitrogen and oxygen atoms in total. The van der Waals surface area contributed by atoms with Crippen LogP contribution in [0.3, 0.4) is 0 Å². The zero-order chi connectivity index (χ0) is 21.0. The predicted molar refractivity (Wildman–Crippen MR) is 116 cm³/mol. The topological polar surface area (TPSA) is 75.6 Å². The number of rotatable bonds is 7. The second-order valence-corrected chi connectivity index (χ2v) is 10.0. The quantitative estimate of drug-likeness (QED) is 0.675. The Labute approximate surface area is 175 Å². The summed E-state index contributed by atoms with van der Waals surface area (Å²) in [6.45, 7) is 6.40. The third-order valence-corrected chi connectivity index (χ3v) is 6.18. The highest BCUT2D eigenvalue weighted by Gasteiger charge is 2.29. The van der Waals surface area contributed by atoms with E-state index in [1.807, 2.05) is 36.4 Å². The second-order valence-electron chi connectivity index (χ2n) is 8.11. The van der Waals surface area contributed by atoms with Crippen molar-refractivity contribution in [1.82, 2.24) is 5.32 Å². The van der Waals surface area contributed by atoms with Crippen LogP contribution in [0.15, 0.2) is 48.5 Å². The molecule has 1 aliphatic carbocycles. The molecule has 0 fully saturated rings. The molecule has 2 aromatic rings. The third-order valence-electron chi connectivity index (χ3n) is 4.88. The van der Waals surface area contributed by atoms with E-state index in [2.05, 4.69) is 38.2 Å². The van der Waals surface area contributed by atoms with Gasteiger partial charge in [-0.1, -0.05) is 69.3 Å². The highest BCUT2D eigenvalue weighted by Crippen LogP contribution is 2.44. The minimum Gasteiger partial charge on any atom is -0.480 e. The summed E-state index contributed by atoms with van der Waals surface area (Å²) >= 11 is 1.67. The average Bonchev–Trinajstić information content (AvgIpc) is 2.98. The molecule has 0 spiro atoms. The summed E-state index contributed by atoms with van der Waals surface area (Å²) in [5.74, 6) is -0.453. The minimum absolute atomic E-state index is 0.0483. The van der Waals surface area contributed by atoms with Crippen LogP contribution in [0.5, 0.6) is 0 Å². The van der Waals surface area contributed by atoms with Crippen LogP contribution in [-0.4, -0.2) is 40.3 Å². The summed E-state index contributed by atoms with van der Waals surface area (Å²) in [4.78, 5) is 23.8. The first-order valence-corrected chi connectivity index (χ1v) is 10.7. The van der Waals surface area contributed by atoms with Crippen molar-refractivity contribution in [2.45, 2.75) is 43.9 Å². The maximum atomic E-state index is 12.3. The number of benzene rings is 2.